The summed E-state index contributed by atoms with van der Waals surface area (Å²) >= 11 is 0. The Balaban J connectivity index is 0.00000343. The van der Waals surface area contributed by atoms with Crippen LogP contribution in [-0.2, 0) is 21.1 Å². The molecule has 6 heteroatoms. The number of hydrogen-bond donors (Lipinski definition) is 0. The summed E-state index contributed by atoms with van der Waals surface area (Å²) in [5, 5.41) is 2.11. The maximum atomic E-state index is 6.23. The average Bonchev–Trinajstić information content (AvgIpc) is 3.66. The molecule has 0 bridgehead atoms. The quantitative estimate of drug-likeness (QED) is 0.120. The van der Waals surface area contributed by atoms with Crippen molar-refractivity contribution in [2.75, 3.05) is 0 Å². The van der Waals surface area contributed by atoms with Crippen molar-refractivity contribution in [3.05, 3.63) is 120 Å². The van der Waals surface area contributed by atoms with Gasteiger partial charge in [-0.05, 0) is 29.7 Å². The van der Waals surface area contributed by atoms with E-state index in [0.29, 0.717) is 23.5 Å². The first-order valence-corrected chi connectivity index (χ1v) is 14.7. The Kier molecular flexibility index (Phi) is 8.33. The Bertz CT molecular complexity index is 2010. The number of furan rings is 1. The van der Waals surface area contributed by atoms with Crippen LogP contribution < -0.4 is 4.74 Å². The molecule has 4 aromatic carbocycles. The molecule has 1 aliphatic rings. The van der Waals surface area contributed by atoms with E-state index in [2.05, 4.69) is 74.9 Å². The second-order valence-corrected chi connectivity index (χ2v) is 11.5. The minimum absolute atomic E-state index is 0. The summed E-state index contributed by atoms with van der Waals surface area (Å²) in [6.07, 6.45) is 4.09. The summed E-state index contributed by atoms with van der Waals surface area (Å²) in [6, 6.07) is 36.8. The van der Waals surface area contributed by atoms with Gasteiger partial charge in [0.2, 0.25) is 5.88 Å². The van der Waals surface area contributed by atoms with E-state index in [4.69, 9.17) is 19.1 Å². The van der Waals surface area contributed by atoms with Crippen molar-refractivity contribution in [3.8, 4) is 22.9 Å². The predicted octanol–water partition coefficient (Wildman–Crippen LogP) is 9.78. The van der Waals surface area contributed by atoms with E-state index < -0.39 is 0 Å². The second kappa shape index (κ2) is 12.3. The third kappa shape index (κ3) is 5.53. The second-order valence-electron chi connectivity index (χ2n) is 11.5. The molecule has 0 aliphatic carbocycles. The minimum Gasteiger partial charge on any atom is -0.501 e. The number of benzene rings is 4. The maximum Gasteiger partial charge on any atom is 2.00 e. The van der Waals surface area contributed by atoms with Gasteiger partial charge >= 0.3 is 21.1 Å². The third-order valence-corrected chi connectivity index (χ3v) is 7.90. The van der Waals surface area contributed by atoms with Gasteiger partial charge in [-0.2, -0.15) is 12.1 Å². The summed E-state index contributed by atoms with van der Waals surface area (Å²) < 4.78 is 14.6. The molecule has 44 heavy (non-hydrogen) atoms. The van der Waals surface area contributed by atoms with Crippen LogP contribution in [-0.4, -0.2) is 22.1 Å². The zero-order chi connectivity index (χ0) is 29.5. The van der Waals surface area contributed by atoms with Crippen molar-refractivity contribution in [1.82, 2.24) is 4.98 Å². The number of aliphatic imine (C=N–C) groups is 1. The van der Waals surface area contributed by atoms with Crippen molar-refractivity contribution < 1.29 is 34.8 Å². The van der Waals surface area contributed by atoms with Crippen LogP contribution in [0.2, 0.25) is 0 Å². The van der Waals surface area contributed by atoms with Crippen molar-refractivity contribution in [2.45, 2.75) is 45.6 Å². The Morgan fingerprint density at radius 3 is 2.36 bits per heavy atom. The molecule has 6 aromatic rings. The molecule has 1 aliphatic heterocycles. The van der Waals surface area contributed by atoms with E-state index in [9.17, 15) is 0 Å². The SMILES string of the molecule is CC(C)c1cccc(C(C)C)c1[N+]1=CC(c2[c-]c(Oc3cccc(-c4[c-]ccc5c4oc4ccccc45)n3)ccc2)N=C1.[Pt+2]. The van der Waals surface area contributed by atoms with Crippen LogP contribution in [0.15, 0.2) is 100 Å². The third-order valence-electron chi connectivity index (χ3n) is 7.90. The van der Waals surface area contributed by atoms with Gasteiger partial charge < -0.3 is 9.15 Å². The van der Waals surface area contributed by atoms with Crippen molar-refractivity contribution in [2.24, 2.45) is 4.99 Å². The van der Waals surface area contributed by atoms with Gasteiger partial charge in [0, 0.05) is 22.3 Å². The smallest absolute Gasteiger partial charge is 0.501 e. The molecule has 5 nitrogen and oxygen atoms in total. The Morgan fingerprint density at radius 2 is 1.57 bits per heavy atom. The number of rotatable bonds is 7. The van der Waals surface area contributed by atoms with Gasteiger partial charge in [0.1, 0.15) is 17.5 Å². The first-order valence-electron chi connectivity index (χ1n) is 14.7. The van der Waals surface area contributed by atoms with Gasteiger partial charge in [-0.3, -0.25) is 4.98 Å². The largest absolute Gasteiger partial charge is 2.00 e. The van der Waals surface area contributed by atoms with Crippen LogP contribution in [0.3, 0.4) is 0 Å². The van der Waals surface area contributed by atoms with E-state index in [-0.39, 0.29) is 27.1 Å². The van der Waals surface area contributed by atoms with Crippen molar-refractivity contribution in [1.29, 1.82) is 0 Å². The van der Waals surface area contributed by atoms with Crippen LogP contribution in [0.5, 0.6) is 11.6 Å². The van der Waals surface area contributed by atoms with E-state index >= 15 is 0 Å². The molecule has 3 heterocycles. The molecular weight excluding hydrogens is 726 g/mol. The average molecular weight is 758 g/mol. The molecule has 2 aromatic heterocycles. The summed E-state index contributed by atoms with van der Waals surface area (Å²) in [4.78, 5) is 9.65. The summed E-state index contributed by atoms with van der Waals surface area (Å²) in [5.74, 6) is 1.86. The molecule has 0 saturated heterocycles. The molecule has 0 amide bonds. The number of fused-ring (bicyclic) bond motifs is 3. The van der Waals surface area contributed by atoms with Crippen LogP contribution in [0.1, 0.15) is 62.3 Å². The molecule has 220 valence electrons. The monoisotopic (exact) mass is 757 g/mol. The summed E-state index contributed by atoms with van der Waals surface area (Å²) in [7, 11) is 0. The van der Waals surface area contributed by atoms with Crippen LogP contribution in [0.25, 0.3) is 33.2 Å². The normalized spacial score (nSPS) is 14.4. The number of nitrogens with zero attached hydrogens (tertiary/aromatic N) is 3. The Labute approximate surface area is 272 Å². The van der Waals surface area contributed by atoms with Crippen LogP contribution >= 0.6 is 0 Å². The molecule has 0 radical (unpaired) electrons. The number of aromatic nitrogens is 1. The van der Waals surface area contributed by atoms with Crippen molar-refractivity contribution in [3.63, 3.8) is 0 Å². The Hall–Kier alpha value is -4.34. The first-order chi connectivity index (χ1) is 21.0. The van der Waals surface area contributed by atoms with E-state index in [1.54, 1.807) is 0 Å². The molecule has 7 rings (SSSR count). The topological polar surface area (TPSA) is 50.6 Å². The van der Waals surface area contributed by atoms with E-state index in [0.717, 1.165) is 38.8 Å². The zero-order valence-electron chi connectivity index (χ0n) is 25.0. The molecule has 0 spiro atoms. The number of pyridine rings is 1. The van der Waals surface area contributed by atoms with Crippen molar-refractivity contribution >= 4 is 40.2 Å². The number of para-hydroxylation sites is 2. The molecule has 0 saturated carbocycles. The van der Waals surface area contributed by atoms with E-state index in [1.165, 1.54) is 16.8 Å². The Morgan fingerprint density at radius 1 is 0.818 bits per heavy atom. The number of hydrogen-bond acceptors (Lipinski definition) is 4. The van der Waals surface area contributed by atoms with E-state index in [1.807, 2.05) is 73.1 Å². The predicted molar refractivity (Wildman–Crippen MR) is 173 cm³/mol. The van der Waals surface area contributed by atoms with Gasteiger partial charge in [0.25, 0.3) is 6.34 Å². The minimum atomic E-state index is -0.164. The van der Waals surface area contributed by atoms with Gasteiger partial charge in [-0.15, -0.1) is 35.9 Å². The zero-order valence-corrected chi connectivity index (χ0v) is 27.3. The van der Waals surface area contributed by atoms with Gasteiger partial charge in [0.05, 0.1) is 5.58 Å². The maximum absolute atomic E-state index is 6.23. The molecule has 1 unspecified atom stereocenters. The number of ether oxygens (including phenoxy) is 1. The molecule has 0 N–H and O–H groups in total. The van der Waals surface area contributed by atoms with Crippen LogP contribution in [0, 0.1) is 12.1 Å². The fraction of sp³-hybridized carbons (Fsp3) is 0.184. The van der Waals surface area contributed by atoms with Gasteiger partial charge in [-0.1, -0.05) is 92.2 Å². The molecule has 0 fully saturated rings. The fourth-order valence-electron chi connectivity index (χ4n) is 5.78. The summed E-state index contributed by atoms with van der Waals surface area (Å²) in [5.41, 5.74) is 7.93. The standard InChI is InChI=1S/C38H32N3O2.Pt/c1-24(2)28-14-8-15-29(25(3)4)37(28)41-22-34(39-23-41)26-11-7-12-27(21-26)42-36-20-10-18-33(40-36)32-17-9-16-31-30-13-5-6-19-35(30)43-38(31)32;/h5-16,18-20,22-25,34H,1-4H3;/q-1;+2. The first kappa shape index (κ1) is 29.7. The fourth-order valence-corrected chi connectivity index (χ4v) is 5.78. The molecular formula is C38H32N3O2Pt+. The van der Waals surface area contributed by atoms with Crippen LogP contribution in [0.4, 0.5) is 5.69 Å². The van der Waals surface area contributed by atoms with Gasteiger partial charge in [0.15, 0.2) is 6.04 Å². The van der Waals surface area contributed by atoms with Gasteiger partial charge in [-0.25, -0.2) is 4.58 Å². The summed E-state index contributed by atoms with van der Waals surface area (Å²) in [6.45, 7) is 8.95. The molecule has 1 atom stereocenters.